The van der Waals surface area contributed by atoms with Gasteiger partial charge in [-0.2, -0.15) is 0 Å². The maximum absolute atomic E-state index is 12.4. The second kappa shape index (κ2) is 5.23. The van der Waals surface area contributed by atoms with Crippen LogP contribution in [0.4, 0.5) is 0 Å². The van der Waals surface area contributed by atoms with E-state index >= 15 is 0 Å². The molecule has 1 saturated heterocycles. The van der Waals surface area contributed by atoms with Crippen molar-refractivity contribution in [1.82, 2.24) is 9.88 Å². The molecule has 1 amide bonds. The molecule has 1 aliphatic rings. The fraction of sp³-hybridized carbons (Fsp3) is 0.357. The summed E-state index contributed by atoms with van der Waals surface area (Å²) in [5, 5.41) is 13.8. The van der Waals surface area contributed by atoms with Crippen molar-refractivity contribution in [2.45, 2.75) is 13.3 Å². The van der Waals surface area contributed by atoms with E-state index in [0.717, 1.165) is 9.88 Å². The van der Waals surface area contributed by atoms with E-state index in [0.29, 0.717) is 18.7 Å². The lowest BCUT2D eigenvalue weighted by molar-refractivity contribution is -0.147. The third-order valence-electron chi connectivity index (χ3n) is 3.73. The summed E-state index contributed by atoms with van der Waals surface area (Å²) in [5.74, 6) is -1.03. The molecule has 2 aromatic heterocycles. The van der Waals surface area contributed by atoms with Crippen LogP contribution in [0, 0.1) is 5.41 Å². The van der Waals surface area contributed by atoms with E-state index in [4.69, 9.17) is 0 Å². The van der Waals surface area contributed by atoms with Crippen LogP contribution in [-0.4, -0.2) is 40.0 Å². The Morgan fingerprint density at radius 2 is 2.24 bits per heavy atom. The monoisotopic (exact) mass is 322 g/mol. The Hall–Kier alpha value is -1.73. The number of carboxylic acid groups (broad SMARTS) is 1. The zero-order chi connectivity index (χ0) is 15.0. The Morgan fingerprint density at radius 1 is 1.43 bits per heavy atom. The fourth-order valence-corrected chi connectivity index (χ4v) is 3.96. The molecule has 7 heteroatoms. The minimum Gasteiger partial charge on any atom is -0.481 e. The fourth-order valence-electron chi connectivity index (χ4n) is 2.36. The van der Waals surface area contributed by atoms with Gasteiger partial charge in [0.1, 0.15) is 10.7 Å². The molecular formula is C14H14N2O3S2. The lowest BCUT2D eigenvalue weighted by Gasteiger charge is -2.19. The standard InChI is InChI=1S/C14H14N2O3S2/c1-14(13(18)19)4-5-16(8-14)12(17)9-7-21-11(15-9)10-3-2-6-20-10/h2-3,6-7H,4-5,8H2,1H3,(H,18,19). The Bertz CT molecular complexity index is 680. The number of likely N-dealkylation sites (tertiary alicyclic amines) is 1. The number of rotatable bonds is 3. The molecule has 0 saturated carbocycles. The predicted molar refractivity (Wildman–Crippen MR) is 81.7 cm³/mol. The number of carbonyl (C=O) groups is 2. The maximum Gasteiger partial charge on any atom is 0.311 e. The van der Waals surface area contributed by atoms with E-state index in [2.05, 4.69) is 4.98 Å². The Labute approximate surface area is 129 Å². The highest BCUT2D eigenvalue weighted by molar-refractivity contribution is 7.20. The Morgan fingerprint density at radius 3 is 2.86 bits per heavy atom. The number of carboxylic acids is 1. The van der Waals surface area contributed by atoms with Crippen LogP contribution in [0.25, 0.3) is 9.88 Å². The van der Waals surface area contributed by atoms with Gasteiger partial charge >= 0.3 is 5.97 Å². The number of carbonyl (C=O) groups excluding carboxylic acids is 1. The van der Waals surface area contributed by atoms with Gasteiger partial charge in [-0.05, 0) is 24.8 Å². The first kappa shape index (κ1) is 14.2. The SMILES string of the molecule is CC1(C(=O)O)CCN(C(=O)c2csc(-c3cccs3)n2)C1. The van der Waals surface area contributed by atoms with Crippen molar-refractivity contribution in [3.05, 3.63) is 28.6 Å². The first-order chi connectivity index (χ1) is 9.99. The molecule has 1 N–H and O–H groups in total. The molecule has 1 aliphatic heterocycles. The summed E-state index contributed by atoms with van der Waals surface area (Å²) in [4.78, 5) is 30.7. The number of thiophene rings is 1. The third kappa shape index (κ3) is 2.58. The number of thiazole rings is 1. The molecule has 21 heavy (non-hydrogen) atoms. The smallest absolute Gasteiger partial charge is 0.311 e. The normalized spacial score (nSPS) is 21.7. The van der Waals surface area contributed by atoms with Gasteiger partial charge in [0, 0.05) is 18.5 Å². The van der Waals surface area contributed by atoms with Crippen molar-refractivity contribution in [2.75, 3.05) is 13.1 Å². The van der Waals surface area contributed by atoms with Gasteiger partial charge in [0.15, 0.2) is 0 Å². The van der Waals surface area contributed by atoms with Crippen LogP contribution in [0.1, 0.15) is 23.8 Å². The highest BCUT2D eigenvalue weighted by atomic mass is 32.1. The van der Waals surface area contributed by atoms with Crippen LogP contribution >= 0.6 is 22.7 Å². The number of nitrogens with zero attached hydrogens (tertiary/aromatic N) is 2. The lowest BCUT2D eigenvalue weighted by atomic mass is 9.90. The molecule has 0 radical (unpaired) electrons. The molecule has 5 nitrogen and oxygen atoms in total. The molecule has 2 aromatic rings. The van der Waals surface area contributed by atoms with Crippen molar-refractivity contribution in [3.8, 4) is 9.88 Å². The van der Waals surface area contributed by atoms with Crippen LogP contribution in [-0.2, 0) is 4.79 Å². The number of aromatic nitrogens is 1. The van der Waals surface area contributed by atoms with Gasteiger partial charge in [-0.15, -0.1) is 22.7 Å². The molecule has 0 aliphatic carbocycles. The molecule has 0 spiro atoms. The first-order valence-electron chi connectivity index (χ1n) is 6.52. The van der Waals surface area contributed by atoms with Crippen molar-refractivity contribution >= 4 is 34.6 Å². The van der Waals surface area contributed by atoms with Gasteiger partial charge < -0.3 is 10.0 Å². The maximum atomic E-state index is 12.4. The van der Waals surface area contributed by atoms with Gasteiger partial charge in [0.2, 0.25) is 0 Å². The number of hydrogen-bond donors (Lipinski definition) is 1. The van der Waals surface area contributed by atoms with Crippen LogP contribution in [0.2, 0.25) is 0 Å². The summed E-state index contributed by atoms with van der Waals surface area (Å²) >= 11 is 3.02. The van der Waals surface area contributed by atoms with E-state index in [-0.39, 0.29) is 12.5 Å². The topological polar surface area (TPSA) is 70.5 Å². The van der Waals surface area contributed by atoms with Crippen LogP contribution in [0.3, 0.4) is 0 Å². The molecule has 0 bridgehead atoms. The van der Waals surface area contributed by atoms with Crippen molar-refractivity contribution in [1.29, 1.82) is 0 Å². The quantitative estimate of drug-likeness (QED) is 0.943. The number of hydrogen-bond acceptors (Lipinski definition) is 5. The van der Waals surface area contributed by atoms with Crippen molar-refractivity contribution in [3.63, 3.8) is 0 Å². The lowest BCUT2D eigenvalue weighted by Crippen LogP contribution is -2.35. The second-order valence-electron chi connectivity index (χ2n) is 5.36. The van der Waals surface area contributed by atoms with E-state index in [1.165, 1.54) is 11.3 Å². The summed E-state index contributed by atoms with van der Waals surface area (Å²) in [6.45, 7) is 2.39. The predicted octanol–water partition coefficient (Wildman–Crippen LogP) is 2.81. The van der Waals surface area contributed by atoms with Crippen molar-refractivity contribution < 1.29 is 14.7 Å². The summed E-state index contributed by atoms with van der Waals surface area (Å²) in [6.07, 6.45) is 0.482. The van der Waals surface area contributed by atoms with E-state index < -0.39 is 11.4 Å². The minimum atomic E-state index is -0.852. The summed E-state index contributed by atoms with van der Waals surface area (Å²) in [6, 6.07) is 3.91. The summed E-state index contributed by atoms with van der Waals surface area (Å²) in [5.41, 5.74) is -0.444. The molecule has 3 heterocycles. The number of aliphatic carboxylic acids is 1. The molecular weight excluding hydrogens is 308 g/mol. The molecule has 1 unspecified atom stereocenters. The van der Waals surface area contributed by atoms with Crippen molar-refractivity contribution in [2.24, 2.45) is 5.41 Å². The largest absolute Gasteiger partial charge is 0.481 e. The van der Waals surface area contributed by atoms with Gasteiger partial charge in [-0.3, -0.25) is 9.59 Å². The highest BCUT2D eigenvalue weighted by Gasteiger charge is 2.42. The molecule has 1 atom stereocenters. The minimum absolute atomic E-state index is 0.181. The molecule has 1 fully saturated rings. The zero-order valence-corrected chi connectivity index (χ0v) is 13.0. The van der Waals surface area contributed by atoms with Gasteiger partial charge in [0.05, 0.1) is 10.3 Å². The zero-order valence-electron chi connectivity index (χ0n) is 11.4. The van der Waals surface area contributed by atoms with Gasteiger partial charge in [-0.25, -0.2) is 4.98 Å². The van der Waals surface area contributed by atoms with Crippen LogP contribution in [0.5, 0.6) is 0 Å². The highest BCUT2D eigenvalue weighted by Crippen LogP contribution is 2.32. The summed E-state index contributed by atoms with van der Waals surface area (Å²) in [7, 11) is 0. The molecule has 0 aromatic carbocycles. The van der Waals surface area contributed by atoms with Gasteiger partial charge in [0.25, 0.3) is 5.91 Å². The second-order valence-corrected chi connectivity index (χ2v) is 7.16. The Kier molecular flexibility index (Phi) is 3.54. The third-order valence-corrected chi connectivity index (χ3v) is 5.61. The van der Waals surface area contributed by atoms with Crippen LogP contribution < -0.4 is 0 Å². The van der Waals surface area contributed by atoms with E-state index in [1.807, 2.05) is 17.5 Å². The average Bonchev–Trinajstić information content (AvgIpc) is 3.18. The van der Waals surface area contributed by atoms with E-state index in [9.17, 15) is 14.7 Å². The van der Waals surface area contributed by atoms with E-state index in [1.54, 1.807) is 28.5 Å². The molecule has 110 valence electrons. The molecule has 3 rings (SSSR count). The Balaban J connectivity index is 1.76. The summed E-state index contributed by atoms with van der Waals surface area (Å²) < 4.78 is 0. The van der Waals surface area contributed by atoms with Crippen LogP contribution in [0.15, 0.2) is 22.9 Å². The van der Waals surface area contributed by atoms with Gasteiger partial charge in [-0.1, -0.05) is 6.07 Å². The average molecular weight is 322 g/mol. The first-order valence-corrected chi connectivity index (χ1v) is 8.28. The number of amides is 1.